The Morgan fingerprint density at radius 1 is 1.21 bits per heavy atom. The van der Waals surface area contributed by atoms with E-state index in [1.54, 1.807) is 0 Å². The lowest BCUT2D eigenvalue weighted by Crippen LogP contribution is -2.16. The van der Waals surface area contributed by atoms with Gasteiger partial charge in [0.2, 0.25) is 0 Å². The molecule has 0 aliphatic heterocycles. The van der Waals surface area contributed by atoms with E-state index in [1.165, 1.54) is 0 Å². The van der Waals surface area contributed by atoms with Crippen LogP contribution in [0, 0.1) is 18.8 Å². The summed E-state index contributed by atoms with van der Waals surface area (Å²) in [6.45, 7) is 7.24. The number of aryl methyl sites for hydroxylation is 2. The zero-order valence-electron chi connectivity index (χ0n) is 12.0. The zero-order valence-corrected chi connectivity index (χ0v) is 12.0. The second-order valence-corrected chi connectivity index (χ2v) is 5.48. The van der Waals surface area contributed by atoms with Crippen LogP contribution in [-0.2, 0) is 6.42 Å². The molecule has 104 valence electrons. The van der Waals surface area contributed by atoms with E-state index in [0.29, 0.717) is 11.8 Å². The minimum Gasteiger partial charge on any atom is -0.330 e. The molecule has 0 radical (unpaired) electrons. The smallest absolute Gasteiger partial charge is 0.177 e. The Bertz CT molecular complexity index is 532. The van der Waals surface area contributed by atoms with Crippen LogP contribution in [0.1, 0.15) is 38.2 Å². The molecule has 2 aromatic rings. The van der Waals surface area contributed by atoms with E-state index in [1.807, 2.05) is 23.6 Å². The maximum Gasteiger partial charge on any atom is 0.177 e. The molecule has 2 rings (SSSR count). The summed E-state index contributed by atoms with van der Waals surface area (Å²) < 4.78 is 1.86. The number of nitrogens with zero attached hydrogens (tertiary/aromatic N) is 4. The van der Waals surface area contributed by atoms with Gasteiger partial charge in [0.1, 0.15) is 0 Å². The SMILES string of the molecule is Cc1ccc2nnc(CCC(CCN)C(C)C)n2n1. The first-order valence-corrected chi connectivity index (χ1v) is 7.00. The fourth-order valence-corrected chi connectivity index (χ4v) is 2.42. The number of hydrogen-bond donors (Lipinski definition) is 1. The molecule has 0 bridgehead atoms. The molecule has 0 aliphatic rings. The van der Waals surface area contributed by atoms with Crippen LogP contribution >= 0.6 is 0 Å². The number of aromatic nitrogens is 4. The summed E-state index contributed by atoms with van der Waals surface area (Å²) in [5, 5.41) is 12.9. The van der Waals surface area contributed by atoms with Crippen molar-refractivity contribution >= 4 is 5.65 Å². The van der Waals surface area contributed by atoms with Crippen molar-refractivity contribution in [3.63, 3.8) is 0 Å². The van der Waals surface area contributed by atoms with Crippen LogP contribution in [0.2, 0.25) is 0 Å². The molecule has 0 fully saturated rings. The molecule has 19 heavy (non-hydrogen) atoms. The maximum absolute atomic E-state index is 5.68. The Labute approximate surface area is 114 Å². The van der Waals surface area contributed by atoms with Crippen LogP contribution in [-0.4, -0.2) is 26.4 Å². The molecule has 1 unspecified atom stereocenters. The molecule has 0 saturated heterocycles. The Hall–Kier alpha value is -1.49. The fraction of sp³-hybridized carbons (Fsp3) is 0.643. The third-order valence-electron chi connectivity index (χ3n) is 3.68. The average Bonchev–Trinajstić information content (AvgIpc) is 2.76. The lowest BCUT2D eigenvalue weighted by atomic mass is 9.88. The first kappa shape index (κ1) is 13.9. The minimum atomic E-state index is 0.641. The number of fused-ring (bicyclic) bond motifs is 1. The van der Waals surface area contributed by atoms with Crippen molar-refractivity contribution < 1.29 is 0 Å². The highest BCUT2D eigenvalue weighted by atomic mass is 15.4. The third kappa shape index (κ3) is 3.29. The highest BCUT2D eigenvalue weighted by Crippen LogP contribution is 2.20. The standard InChI is InChI=1S/C14H23N5/c1-10(2)12(8-9-15)5-7-14-17-16-13-6-4-11(3)18-19(13)14/h4,6,10,12H,5,7-9,15H2,1-3H3. The first-order valence-electron chi connectivity index (χ1n) is 7.00. The van der Waals surface area contributed by atoms with Crippen molar-refractivity contribution in [3.8, 4) is 0 Å². The van der Waals surface area contributed by atoms with Gasteiger partial charge in [0.05, 0.1) is 5.69 Å². The molecule has 0 spiro atoms. The highest BCUT2D eigenvalue weighted by molar-refractivity contribution is 5.35. The van der Waals surface area contributed by atoms with Gasteiger partial charge in [-0.2, -0.15) is 9.61 Å². The normalized spacial score (nSPS) is 13.3. The van der Waals surface area contributed by atoms with Crippen LogP contribution in [0.3, 0.4) is 0 Å². The fourth-order valence-electron chi connectivity index (χ4n) is 2.42. The van der Waals surface area contributed by atoms with Gasteiger partial charge in [0, 0.05) is 6.42 Å². The van der Waals surface area contributed by atoms with Crippen molar-refractivity contribution in [2.24, 2.45) is 17.6 Å². The Kier molecular flexibility index (Phi) is 4.47. The number of rotatable bonds is 6. The van der Waals surface area contributed by atoms with Crippen LogP contribution in [0.4, 0.5) is 0 Å². The lowest BCUT2D eigenvalue weighted by molar-refractivity contribution is 0.338. The van der Waals surface area contributed by atoms with Gasteiger partial charge in [0.25, 0.3) is 0 Å². The summed E-state index contributed by atoms with van der Waals surface area (Å²) in [5.41, 5.74) is 7.48. The molecular formula is C14H23N5. The monoisotopic (exact) mass is 261 g/mol. The van der Waals surface area contributed by atoms with E-state index in [9.17, 15) is 0 Å². The molecule has 2 aromatic heterocycles. The van der Waals surface area contributed by atoms with E-state index in [2.05, 4.69) is 29.1 Å². The van der Waals surface area contributed by atoms with E-state index in [4.69, 9.17) is 5.73 Å². The van der Waals surface area contributed by atoms with E-state index in [0.717, 1.165) is 43.0 Å². The summed E-state index contributed by atoms with van der Waals surface area (Å²) in [6.07, 6.45) is 3.06. The molecule has 0 aromatic carbocycles. The van der Waals surface area contributed by atoms with Crippen LogP contribution < -0.4 is 5.73 Å². The Balaban J connectivity index is 2.10. The lowest BCUT2D eigenvalue weighted by Gasteiger charge is -2.19. The van der Waals surface area contributed by atoms with E-state index < -0.39 is 0 Å². The van der Waals surface area contributed by atoms with Gasteiger partial charge in [-0.3, -0.25) is 0 Å². The largest absolute Gasteiger partial charge is 0.330 e. The molecule has 0 saturated carbocycles. The summed E-state index contributed by atoms with van der Waals surface area (Å²) in [4.78, 5) is 0. The topological polar surface area (TPSA) is 69.1 Å². The zero-order chi connectivity index (χ0) is 13.8. The molecular weight excluding hydrogens is 238 g/mol. The number of hydrogen-bond acceptors (Lipinski definition) is 4. The first-order chi connectivity index (χ1) is 9.11. The molecule has 0 aliphatic carbocycles. The van der Waals surface area contributed by atoms with Gasteiger partial charge in [-0.25, -0.2) is 0 Å². The van der Waals surface area contributed by atoms with Gasteiger partial charge in [-0.1, -0.05) is 13.8 Å². The highest BCUT2D eigenvalue weighted by Gasteiger charge is 2.15. The van der Waals surface area contributed by atoms with Crippen molar-refractivity contribution in [1.82, 2.24) is 19.8 Å². The van der Waals surface area contributed by atoms with Crippen molar-refractivity contribution in [2.75, 3.05) is 6.54 Å². The Morgan fingerprint density at radius 2 is 2.00 bits per heavy atom. The van der Waals surface area contributed by atoms with Gasteiger partial charge >= 0.3 is 0 Å². The van der Waals surface area contributed by atoms with Crippen LogP contribution in [0.15, 0.2) is 12.1 Å². The van der Waals surface area contributed by atoms with Gasteiger partial charge in [0.15, 0.2) is 11.5 Å². The quantitative estimate of drug-likeness (QED) is 0.863. The third-order valence-corrected chi connectivity index (χ3v) is 3.68. The van der Waals surface area contributed by atoms with E-state index in [-0.39, 0.29) is 0 Å². The Morgan fingerprint density at radius 3 is 2.68 bits per heavy atom. The molecule has 5 heteroatoms. The second-order valence-electron chi connectivity index (χ2n) is 5.48. The van der Waals surface area contributed by atoms with Gasteiger partial charge < -0.3 is 5.73 Å². The van der Waals surface area contributed by atoms with Crippen LogP contribution in [0.25, 0.3) is 5.65 Å². The maximum atomic E-state index is 5.68. The van der Waals surface area contributed by atoms with Crippen molar-refractivity contribution in [1.29, 1.82) is 0 Å². The minimum absolute atomic E-state index is 0.641. The summed E-state index contributed by atoms with van der Waals surface area (Å²) in [7, 11) is 0. The summed E-state index contributed by atoms with van der Waals surface area (Å²) in [5.74, 6) is 2.24. The van der Waals surface area contributed by atoms with Crippen LogP contribution in [0.5, 0.6) is 0 Å². The molecule has 2 N–H and O–H groups in total. The molecule has 0 amide bonds. The summed E-state index contributed by atoms with van der Waals surface area (Å²) >= 11 is 0. The second kappa shape index (κ2) is 6.10. The van der Waals surface area contributed by atoms with Gasteiger partial charge in [-0.05, 0) is 50.3 Å². The molecule has 1 atom stereocenters. The summed E-state index contributed by atoms with van der Waals surface area (Å²) in [6, 6.07) is 3.91. The number of nitrogens with two attached hydrogens (primary N) is 1. The van der Waals surface area contributed by atoms with E-state index >= 15 is 0 Å². The van der Waals surface area contributed by atoms with Crippen molar-refractivity contribution in [3.05, 3.63) is 23.7 Å². The predicted molar refractivity (Wildman–Crippen MR) is 75.8 cm³/mol. The molecule has 2 heterocycles. The average molecular weight is 261 g/mol. The van der Waals surface area contributed by atoms with Gasteiger partial charge in [-0.15, -0.1) is 10.2 Å². The van der Waals surface area contributed by atoms with Crippen molar-refractivity contribution in [2.45, 2.75) is 40.0 Å². The molecule has 5 nitrogen and oxygen atoms in total. The predicted octanol–water partition coefficient (Wildman–Crippen LogP) is 1.99.